The van der Waals surface area contributed by atoms with Crippen LogP contribution in [0.4, 0.5) is 0 Å². The maximum Gasteiger partial charge on any atom is 0.251 e. The molecule has 0 aliphatic heterocycles. The molecular formula is C15H22N2O. The number of nitrogens with two attached hydrogens (primary N) is 1. The number of amides is 1. The van der Waals surface area contributed by atoms with Gasteiger partial charge in [-0.1, -0.05) is 37.5 Å². The Bertz CT molecular complexity index is 397. The molecule has 1 aromatic rings. The summed E-state index contributed by atoms with van der Waals surface area (Å²) < 4.78 is 0. The third-order valence-electron chi connectivity index (χ3n) is 3.76. The summed E-state index contributed by atoms with van der Waals surface area (Å²) in [5, 5.41) is 3.05. The third-order valence-corrected chi connectivity index (χ3v) is 3.76. The average molecular weight is 246 g/mol. The second-order valence-corrected chi connectivity index (χ2v) is 5.08. The Morgan fingerprint density at radius 1 is 1.22 bits per heavy atom. The summed E-state index contributed by atoms with van der Waals surface area (Å²) in [7, 11) is 0. The van der Waals surface area contributed by atoms with Crippen molar-refractivity contribution in [3.63, 3.8) is 0 Å². The number of carbonyl (C=O) groups excluding carboxylic acids is 1. The molecular weight excluding hydrogens is 224 g/mol. The van der Waals surface area contributed by atoms with Crippen LogP contribution in [0, 0.1) is 5.92 Å². The molecule has 3 heteroatoms. The fourth-order valence-corrected chi connectivity index (χ4v) is 2.64. The Hall–Kier alpha value is -1.35. The van der Waals surface area contributed by atoms with E-state index >= 15 is 0 Å². The lowest BCUT2D eigenvalue weighted by molar-refractivity contribution is 0.0942. The van der Waals surface area contributed by atoms with Crippen molar-refractivity contribution < 1.29 is 4.79 Å². The predicted octanol–water partition coefficient (Wildman–Crippen LogP) is 2.46. The van der Waals surface area contributed by atoms with Gasteiger partial charge in [0.05, 0.1) is 0 Å². The van der Waals surface area contributed by atoms with E-state index in [9.17, 15) is 4.79 Å². The summed E-state index contributed by atoms with van der Waals surface area (Å²) in [6.07, 6.45) is 6.46. The summed E-state index contributed by atoms with van der Waals surface area (Å²) in [5.41, 5.74) is 7.28. The van der Waals surface area contributed by atoms with Gasteiger partial charge in [-0.3, -0.25) is 4.79 Å². The molecule has 1 aliphatic rings. The lowest BCUT2D eigenvalue weighted by Crippen LogP contribution is -2.31. The highest BCUT2D eigenvalue weighted by Gasteiger charge is 2.15. The van der Waals surface area contributed by atoms with Crippen molar-refractivity contribution in [2.24, 2.45) is 11.7 Å². The zero-order valence-corrected chi connectivity index (χ0v) is 10.8. The van der Waals surface area contributed by atoms with Crippen LogP contribution in [0.15, 0.2) is 24.3 Å². The molecule has 1 amide bonds. The van der Waals surface area contributed by atoms with E-state index in [-0.39, 0.29) is 5.91 Å². The minimum absolute atomic E-state index is 0.0154. The van der Waals surface area contributed by atoms with Crippen LogP contribution in [0.5, 0.6) is 0 Å². The van der Waals surface area contributed by atoms with Crippen LogP contribution in [-0.2, 0) is 6.54 Å². The number of hydrogen-bond donors (Lipinski definition) is 2. The summed E-state index contributed by atoms with van der Waals surface area (Å²) in [6, 6.07) is 7.56. The summed E-state index contributed by atoms with van der Waals surface area (Å²) >= 11 is 0. The molecule has 0 heterocycles. The van der Waals surface area contributed by atoms with E-state index in [2.05, 4.69) is 5.32 Å². The Labute approximate surface area is 109 Å². The molecule has 0 spiro atoms. The number of nitrogens with one attached hydrogen (secondary N) is 1. The zero-order valence-electron chi connectivity index (χ0n) is 10.8. The number of benzene rings is 1. The maximum absolute atomic E-state index is 12.1. The van der Waals surface area contributed by atoms with Crippen molar-refractivity contribution in [2.75, 3.05) is 6.54 Å². The second kappa shape index (κ2) is 6.55. The van der Waals surface area contributed by atoms with E-state index in [1.165, 1.54) is 32.1 Å². The van der Waals surface area contributed by atoms with Crippen LogP contribution in [0.1, 0.15) is 48.0 Å². The number of rotatable bonds is 4. The quantitative estimate of drug-likeness (QED) is 0.857. The van der Waals surface area contributed by atoms with Crippen molar-refractivity contribution in [1.82, 2.24) is 5.32 Å². The summed E-state index contributed by atoms with van der Waals surface area (Å²) in [5.74, 6) is 0.675. The molecule has 0 atom stereocenters. The highest BCUT2D eigenvalue weighted by molar-refractivity contribution is 5.95. The van der Waals surface area contributed by atoms with Gasteiger partial charge in [0, 0.05) is 18.7 Å². The van der Waals surface area contributed by atoms with Gasteiger partial charge in [-0.15, -0.1) is 0 Å². The van der Waals surface area contributed by atoms with E-state index < -0.39 is 0 Å². The standard InChI is InChI=1S/C15H22N2O/c16-10-13-8-4-5-9-14(13)15(18)17-11-12-6-2-1-3-7-12/h4-5,8-9,12H,1-3,6-7,10-11,16H2,(H,17,18). The normalized spacial score (nSPS) is 16.5. The van der Waals surface area contributed by atoms with Gasteiger partial charge in [-0.25, -0.2) is 0 Å². The molecule has 0 saturated heterocycles. The van der Waals surface area contributed by atoms with Crippen molar-refractivity contribution in [2.45, 2.75) is 38.6 Å². The molecule has 98 valence electrons. The van der Waals surface area contributed by atoms with E-state index in [4.69, 9.17) is 5.73 Å². The van der Waals surface area contributed by atoms with Crippen LogP contribution in [0.2, 0.25) is 0 Å². The maximum atomic E-state index is 12.1. The molecule has 0 bridgehead atoms. The lowest BCUT2D eigenvalue weighted by Gasteiger charge is -2.22. The van der Waals surface area contributed by atoms with E-state index in [1.54, 1.807) is 0 Å². The van der Waals surface area contributed by atoms with Crippen LogP contribution < -0.4 is 11.1 Å². The fourth-order valence-electron chi connectivity index (χ4n) is 2.64. The Morgan fingerprint density at radius 2 is 1.94 bits per heavy atom. The summed E-state index contributed by atoms with van der Waals surface area (Å²) in [4.78, 5) is 12.1. The number of hydrogen-bond acceptors (Lipinski definition) is 2. The first kappa shape index (κ1) is 13.1. The highest BCUT2D eigenvalue weighted by Crippen LogP contribution is 2.22. The SMILES string of the molecule is NCc1ccccc1C(=O)NCC1CCCCC1. The fraction of sp³-hybridized carbons (Fsp3) is 0.533. The highest BCUT2D eigenvalue weighted by atomic mass is 16.1. The van der Waals surface area contributed by atoms with Crippen LogP contribution in [-0.4, -0.2) is 12.5 Å². The molecule has 18 heavy (non-hydrogen) atoms. The Kier molecular flexibility index (Phi) is 4.76. The third kappa shape index (κ3) is 3.33. The monoisotopic (exact) mass is 246 g/mol. The smallest absolute Gasteiger partial charge is 0.251 e. The van der Waals surface area contributed by atoms with E-state index in [0.29, 0.717) is 12.5 Å². The average Bonchev–Trinajstić information content (AvgIpc) is 2.45. The van der Waals surface area contributed by atoms with E-state index in [1.807, 2.05) is 24.3 Å². The lowest BCUT2D eigenvalue weighted by atomic mass is 9.89. The predicted molar refractivity (Wildman–Crippen MR) is 73.2 cm³/mol. The largest absolute Gasteiger partial charge is 0.352 e. The Morgan fingerprint density at radius 3 is 2.67 bits per heavy atom. The summed E-state index contributed by atoms with van der Waals surface area (Å²) in [6.45, 7) is 1.21. The molecule has 1 saturated carbocycles. The zero-order chi connectivity index (χ0) is 12.8. The van der Waals surface area contributed by atoms with Gasteiger partial charge in [0.1, 0.15) is 0 Å². The van der Waals surface area contributed by atoms with Crippen LogP contribution in [0.3, 0.4) is 0 Å². The van der Waals surface area contributed by atoms with Gasteiger partial charge in [-0.2, -0.15) is 0 Å². The van der Waals surface area contributed by atoms with E-state index in [0.717, 1.165) is 17.7 Å². The molecule has 3 nitrogen and oxygen atoms in total. The molecule has 0 unspecified atom stereocenters. The molecule has 0 radical (unpaired) electrons. The van der Waals surface area contributed by atoms with Gasteiger partial charge in [0.15, 0.2) is 0 Å². The first-order chi connectivity index (χ1) is 8.81. The molecule has 3 N–H and O–H groups in total. The molecule has 0 aromatic heterocycles. The topological polar surface area (TPSA) is 55.1 Å². The Balaban J connectivity index is 1.90. The van der Waals surface area contributed by atoms with Crippen molar-refractivity contribution in [1.29, 1.82) is 0 Å². The van der Waals surface area contributed by atoms with Gasteiger partial charge >= 0.3 is 0 Å². The molecule has 1 aliphatic carbocycles. The number of carbonyl (C=O) groups is 1. The van der Waals surface area contributed by atoms with Gasteiger partial charge in [0.2, 0.25) is 0 Å². The molecule has 2 rings (SSSR count). The van der Waals surface area contributed by atoms with Crippen molar-refractivity contribution >= 4 is 5.91 Å². The van der Waals surface area contributed by atoms with Gasteiger partial charge in [0.25, 0.3) is 5.91 Å². The first-order valence-electron chi connectivity index (χ1n) is 6.87. The minimum atomic E-state index is 0.0154. The molecule has 1 aromatic carbocycles. The minimum Gasteiger partial charge on any atom is -0.352 e. The van der Waals surface area contributed by atoms with Crippen molar-refractivity contribution in [3.05, 3.63) is 35.4 Å². The van der Waals surface area contributed by atoms with Gasteiger partial charge < -0.3 is 11.1 Å². The second-order valence-electron chi connectivity index (χ2n) is 5.08. The van der Waals surface area contributed by atoms with Crippen LogP contribution >= 0.6 is 0 Å². The van der Waals surface area contributed by atoms with Gasteiger partial charge in [-0.05, 0) is 30.4 Å². The van der Waals surface area contributed by atoms with Crippen LogP contribution in [0.25, 0.3) is 0 Å². The van der Waals surface area contributed by atoms with Crippen molar-refractivity contribution in [3.8, 4) is 0 Å². The first-order valence-corrected chi connectivity index (χ1v) is 6.87. The molecule has 1 fully saturated rings.